The highest BCUT2D eigenvalue weighted by Crippen LogP contribution is 2.17. The quantitative estimate of drug-likeness (QED) is 0.682. The second kappa shape index (κ2) is 6.39. The third-order valence-corrected chi connectivity index (χ3v) is 2.87. The van der Waals surface area contributed by atoms with Crippen LogP contribution in [0.15, 0.2) is 0 Å². The second-order valence-corrected chi connectivity index (χ2v) is 4.20. The summed E-state index contributed by atoms with van der Waals surface area (Å²) in [7, 11) is 0. The second-order valence-electron chi connectivity index (χ2n) is 4.20. The number of likely N-dealkylation sites (N-methyl/N-ethyl adjacent to an activating group) is 1. The van der Waals surface area contributed by atoms with E-state index in [4.69, 9.17) is 0 Å². The van der Waals surface area contributed by atoms with Crippen molar-refractivity contribution in [1.29, 1.82) is 0 Å². The standard InChI is InChI=1S/C11H24N2/c1-3-12-10(2)9-13-11-7-5-4-6-8-11/h10-13H,3-9H2,1-2H3. The molecule has 0 aromatic carbocycles. The SMILES string of the molecule is CCNC(C)CNC1CCCCC1. The molecule has 2 nitrogen and oxygen atoms in total. The first-order chi connectivity index (χ1) is 6.33. The Balaban J connectivity index is 2.03. The van der Waals surface area contributed by atoms with Crippen molar-refractivity contribution in [1.82, 2.24) is 10.6 Å². The minimum Gasteiger partial charge on any atom is -0.313 e. The smallest absolute Gasteiger partial charge is 0.0164 e. The van der Waals surface area contributed by atoms with Crippen molar-refractivity contribution in [3.05, 3.63) is 0 Å². The van der Waals surface area contributed by atoms with E-state index in [1.54, 1.807) is 0 Å². The summed E-state index contributed by atoms with van der Waals surface area (Å²) in [6.07, 6.45) is 7.07. The Morgan fingerprint density at radius 3 is 2.54 bits per heavy atom. The zero-order chi connectivity index (χ0) is 9.52. The Hall–Kier alpha value is -0.0800. The average molecular weight is 184 g/mol. The molecule has 1 atom stereocenters. The molecule has 0 heterocycles. The van der Waals surface area contributed by atoms with Crippen LogP contribution in [0, 0.1) is 0 Å². The van der Waals surface area contributed by atoms with Gasteiger partial charge in [-0.2, -0.15) is 0 Å². The Morgan fingerprint density at radius 2 is 1.92 bits per heavy atom. The number of hydrogen-bond donors (Lipinski definition) is 2. The molecule has 1 aliphatic carbocycles. The maximum atomic E-state index is 3.64. The molecule has 2 N–H and O–H groups in total. The summed E-state index contributed by atoms with van der Waals surface area (Å²) < 4.78 is 0. The first-order valence-corrected chi connectivity index (χ1v) is 5.79. The minimum absolute atomic E-state index is 0.618. The van der Waals surface area contributed by atoms with Gasteiger partial charge in [0.25, 0.3) is 0 Å². The zero-order valence-electron chi connectivity index (χ0n) is 9.10. The van der Waals surface area contributed by atoms with Crippen molar-refractivity contribution in [2.75, 3.05) is 13.1 Å². The molecule has 1 saturated carbocycles. The normalized spacial score (nSPS) is 21.7. The first kappa shape index (κ1) is 11.0. The molecular weight excluding hydrogens is 160 g/mol. The maximum absolute atomic E-state index is 3.64. The molecule has 0 spiro atoms. The van der Waals surface area contributed by atoms with Crippen LogP contribution >= 0.6 is 0 Å². The first-order valence-electron chi connectivity index (χ1n) is 5.79. The van der Waals surface area contributed by atoms with Gasteiger partial charge in [0.2, 0.25) is 0 Å². The Labute approximate surface area is 82.5 Å². The molecule has 0 aliphatic heterocycles. The lowest BCUT2D eigenvalue weighted by molar-refractivity contribution is 0.358. The lowest BCUT2D eigenvalue weighted by Gasteiger charge is -2.24. The molecule has 0 aromatic heterocycles. The minimum atomic E-state index is 0.618. The molecule has 0 amide bonds. The lowest BCUT2D eigenvalue weighted by Crippen LogP contribution is -2.41. The number of rotatable bonds is 5. The largest absolute Gasteiger partial charge is 0.313 e. The third-order valence-electron chi connectivity index (χ3n) is 2.87. The van der Waals surface area contributed by atoms with Crippen LogP contribution in [0.3, 0.4) is 0 Å². The van der Waals surface area contributed by atoms with E-state index < -0.39 is 0 Å². The maximum Gasteiger partial charge on any atom is 0.0164 e. The summed E-state index contributed by atoms with van der Waals surface area (Å²) in [4.78, 5) is 0. The van der Waals surface area contributed by atoms with Gasteiger partial charge in [0.1, 0.15) is 0 Å². The Bertz CT molecular complexity index is 119. The molecule has 0 aromatic rings. The van der Waals surface area contributed by atoms with Gasteiger partial charge in [0.05, 0.1) is 0 Å². The van der Waals surface area contributed by atoms with E-state index in [1.165, 1.54) is 32.1 Å². The monoisotopic (exact) mass is 184 g/mol. The fourth-order valence-corrected chi connectivity index (χ4v) is 2.07. The van der Waals surface area contributed by atoms with Gasteiger partial charge in [-0.3, -0.25) is 0 Å². The van der Waals surface area contributed by atoms with Gasteiger partial charge in [0.15, 0.2) is 0 Å². The highest BCUT2D eigenvalue weighted by molar-refractivity contribution is 4.74. The van der Waals surface area contributed by atoms with Crippen molar-refractivity contribution in [2.24, 2.45) is 0 Å². The molecule has 78 valence electrons. The summed E-state index contributed by atoms with van der Waals surface area (Å²) in [6, 6.07) is 1.42. The summed E-state index contributed by atoms with van der Waals surface area (Å²) in [5, 5.41) is 7.07. The van der Waals surface area contributed by atoms with Crippen molar-refractivity contribution >= 4 is 0 Å². The van der Waals surface area contributed by atoms with Crippen LogP contribution in [0.4, 0.5) is 0 Å². The van der Waals surface area contributed by atoms with Crippen LogP contribution in [0.5, 0.6) is 0 Å². The van der Waals surface area contributed by atoms with Gasteiger partial charge in [-0.05, 0) is 26.3 Å². The Kier molecular flexibility index (Phi) is 5.40. The topological polar surface area (TPSA) is 24.1 Å². The predicted molar refractivity (Wildman–Crippen MR) is 58.0 cm³/mol. The third kappa shape index (κ3) is 4.63. The van der Waals surface area contributed by atoms with Gasteiger partial charge < -0.3 is 10.6 Å². The summed E-state index contributed by atoms with van der Waals surface area (Å²) >= 11 is 0. The fourth-order valence-electron chi connectivity index (χ4n) is 2.07. The summed E-state index contributed by atoms with van der Waals surface area (Å²) in [6.45, 7) is 6.61. The molecule has 13 heavy (non-hydrogen) atoms. The van der Waals surface area contributed by atoms with Crippen molar-refractivity contribution in [3.63, 3.8) is 0 Å². The molecule has 0 radical (unpaired) electrons. The molecule has 1 unspecified atom stereocenters. The molecule has 1 rings (SSSR count). The van der Waals surface area contributed by atoms with Gasteiger partial charge in [-0.15, -0.1) is 0 Å². The van der Waals surface area contributed by atoms with Gasteiger partial charge in [-0.1, -0.05) is 26.2 Å². The Morgan fingerprint density at radius 1 is 1.23 bits per heavy atom. The van der Waals surface area contributed by atoms with Crippen LogP contribution in [-0.2, 0) is 0 Å². The summed E-state index contributed by atoms with van der Waals surface area (Å²) in [5.41, 5.74) is 0. The van der Waals surface area contributed by atoms with Gasteiger partial charge >= 0.3 is 0 Å². The molecule has 0 bridgehead atoms. The van der Waals surface area contributed by atoms with Crippen LogP contribution in [0.25, 0.3) is 0 Å². The van der Waals surface area contributed by atoms with Crippen LogP contribution in [0.1, 0.15) is 46.0 Å². The van der Waals surface area contributed by atoms with Crippen LogP contribution in [-0.4, -0.2) is 25.2 Å². The van der Waals surface area contributed by atoms with E-state index in [0.717, 1.165) is 19.1 Å². The van der Waals surface area contributed by atoms with Crippen LogP contribution in [0.2, 0.25) is 0 Å². The lowest BCUT2D eigenvalue weighted by atomic mass is 9.95. The zero-order valence-corrected chi connectivity index (χ0v) is 9.10. The molecule has 1 fully saturated rings. The predicted octanol–water partition coefficient (Wildman–Crippen LogP) is 1.91. The van der Waals surface area contributed by atoms with Crippen molar-refractivity contribution in [2.45, 2.75) is 58.0 Å². The van der Waals surface area contributed by atoms with Gasteiger partial charge in [-0.25, -0.2) is 0 Å². The molecule has 2 heteroatoms. The van der Waals surface area contributed by atoms with Crippen molar-refractivity contribution in [3.8, 4) is 0 Å². The van der Waals surface area contributed by atoms with E-state index in [1.807, 2.05) is 0 Å². The molecule has 0 saturated heterocycles. The fraction of sp³-hybridized carbons (Fsp3) is 1.00. The van der Waals surface area contributed by atoms with E-state index in [2.05, 4.69) is 24.5 Å². The number of nitrogens with one attached hydrogen (secondary N) is 2. The van der Waals surface area contributed by atoms with E-state index >= 15 is 0 Å². The number of hydrogen-bond acceptors (Lipinski definition) is 2. The van der Waals surface area contributed by atoms with Gasteiger partial charge in [0, 0.05) is 18.6 Å². The average Bonchev–Trinajstić information content (AvgIpc) is 2.17. The molecular formula is C11H24N2. The van der Waals surface area contributed by atoms with Crippen molar-refractivity contribution < 1.29 is 0 Å². The van der Waals surface area contributed by atoms with E-state index in [-0.39, 0.29) is 0 Å². The van der Waals surface area contributed by atoms with E-state index in [9.17, 15) is 0 Å². The van der Waals surface area contributed by atoms with E-state index in [0.29, 0.717) is 6.04 Å². The summed E-state index contributed by atoms with van der Waals surface area (Å²) in [5.74, 6) is 0. The highest BCUT2D eigenvalue weighted by Gasteiger charge is 2.12. The highest BCUT2D eigenvalue weighted by atomic mass is 15.0. The molecule has 1 aliphatic rings. The van der Waals surface area contributed by atoms with Crippen LogP contribution < -0.4 is 10.6 Å².